The first kappa shape index (κ1) is 19.2. The molecular weight excluding hydrogens is 352 g/mol. The van der Waals surface area contributed by atoms with Crippen molar-refractivity contribution < 1.29 is 14.6 Å². The number of aryl methyl sites for hydroxylation is 2. The summed E-state index contributed by atoms with van der Waals surface area (Å²) < 4.78 is 5.93. The molecule has 0 amide bonds. The number of hydrogen-bond donors (Lipinski definition) is 2. The Morgan fingerprint density at radius 2 is 1.89 bits per heavy atom. The van der Waals surface area contributed by atoms with E-state index in [9.17, 15) is 4.79 Å². The summed E-state index contributed by atoms with van der Waals surface area (Å²) in [7, 11) is 0. The normalized spacial score (nSPS) is 10.8. The van der Waals surface area contributed by atoms with Gasteiger partial charge in [-0.05, 0) is 60.9 Å². The number of carboxylic acids is 1. The minimum atomic E-state index is -0.971. The number of nitrogens with one attached hydrogen (secondary N) is 1. The molecule has 28 heavy (non-hydrogen) atoms. The first-order chi connectivity index (χ1) is 13.5. The number of carboxylic acid groups (broad SMARTS) is 1. The number of anilines is 1. The maximum atomic E-state index is 11.0. The minimum absolute atomic E-state index is 0.210. The second kappa shape index (κ2) is 8.86. The van der Waals surface area contributed by atoms with E-state index >= 15 is 0 Å². The van der Waals surface area contributed by atoms with E-state index in [0.29, 0.717) is 12.3 Å². The van der Waals surface area contributed by atoms with Crippen LogP contribution < -0.4 is 10.2 Å². The van der Waals surface area contributed by atoms with Crippen LogP contribution in [0.15, 0.2) is 71.8 Å². The summed E-state index contributed by atoms with van der Waals surface area (Å²) >= 11 is 0. The predicted molar refractivity (Wildman–Crippen MR) is 111 cm³/mol. The number of aromatic carboxylic acids is 1. The summed E-state index contributed by atoms with van der Waals surface area (Å²) in [6.07, 6.45) is 1.66. The highest BCUT2D eigenvalue weighted by Crippen LogP contribution is 2.17. The first-order valence-electron chi connectivity index (χ1n) is 8.93. The molecule has 5 heteroatoms. The maximum Gasteiger partial charge on any atom is 0.335 e. The molecular formula is C23H22N2O3. The van der Waals surface area contributed by atoms with Crippen LogP contribution in [0.25, 0.3) is 0 Å². The third-order valence-electron chi connectivity index (χ3n) is 4.27. The third kappa shape index (κ3) is 5.20. The average Bonchev–Trinajstić information content (AvgIpc) is 2.69. The van der Waals surface area contributed by atoms with Gasteiger partial charge in [-0.3, -0.25) is 5.43 Å². The van der Waals surface area contributed by atoms with Gasteiger partial charge >= 0.3 is 5.97 Å². The van der Waals surface area contributed by atoms with Crippen LogP contribution in [0.1, 0.15) is 32.6 Å². The number of ether oxygens (including phenoxy) is 1. The van der Waals surface area contributed by atoms with Crippen molar-refractivity contribution in [1.29, 1.82) is 0 Å². The number of nitrogens with zero attached hydrogens (tertiary/aromatic N) is 1. The van der Waals surface area contributed by atoms with Crippen molar-refractivity contribution in [3.63, 3.8) is 0 Å². The van der Waals surface area contributed by atoms with Crippen LogP contribution in [0, 0.1) is 13.8 Å². The largest absolute Gasteiger partial charge is 0.489 e. The Kier molecular flexibility index (Phi) is 6.07. The van der Waals surface area contributed by atoms with E-state index in [0.717, 1.165) is 11.3 Å². The molecule has 5 nitrogen and oxygen atoms in total. The van der Waals surface area contributed by atoms with Crippen LogP contribution >= 0.6 is 0 Å². The van der Waals surface area contributed by atoms with Crippen molar-refractivity contribution in [1.82, 2.24) is 0 Å². The smallest absolute Gasteiger partial charge is 0.335 e. The van der Waals surface area contributed by atoms with E-state index in [1.54, 1.807) is 18.3 Å². The molecule has 0 saturated heterocycles. The van der Waals surface area contributed by atoms with Gasteiger partial charge in [0, 0.05) is 0 Å². The topological polar surface area (TPSA) is 70.9 Å². The number of hydrazone groups is 1. The van der Waals surface area contributed by atoms with E-state index in [-0.39, 0.29) is 5.56 Å². The second-order valence-corrected chi connectivity index (χ2v) is 6.55. The second-order valence-electron chi connectivity index (χ2n) is 6.55. The summed E-state index contributed by atoms with van der Waals surface area (Å²) in [6, 6.07) is 20.5. The Labute approximate surface area is 164 Å². The third-order valence-corrected chi connectivity index (χ3v) is 4.27. The number of hydrogen-bond acceptors (Lipinski definition) is 4. The zero-order valence-corrected chi connectivity index (χ0v) is 15.8. The lowest BCUT2D eigenvalue weighted by molar-refractivity contribution is 0.0697. The zero-order valence-electron chi connectivity index (χ0n) is 15.8. The minimum Gasteiger partial charge on any atom is -0.489 e. The Morgan fingerprint density at radius 1 is 1.07 bits per heavy atom. The van der Waals surface area contributed by atoms with Gasteiger partial charge in [0.25, 0.3) is 0 Å². The van der Waals surface area contributed by atoms with Crippen LogP contribution in [-0.2, 0) is 6.61 Å². The van der Waals surface area contributed by atoms with E-state index in [1.165, 1.54) is 28.8 Å². The SMILES string of the molecule is Cc1ccc(C)c(COc2cccc(C=NNc3cccc(C(=O)O)c3)c2)c1. The molecule has 0 atom stereocenters. The van der Waals surface area contributed by atoms with Crippen LogP contribution in [0.2, 0.25) is 0 Å². The molecule has 0 unspecified atom stereocenters. The molecule has 0 heterocycles. The standard InChI is InChI=1S/C23H22N2O3/c1-16-9-10-17(2)20(11-16)15-28-22-8-3-5-18(12-22)14-24-25-21-7-4-6-19(13-21)23(26)27/h3-14,25H,15H2,1-2H3,(H,26,27). The predicted octanol–water partition coefficient (Wildman–Crippen LogP) is 5.03. The first-order valence-corrected chi connectivity index (χ1v) is 8.93. The lowest BCUT2D eigenvalue weighted by Gasteiger charge is -2.10. The lowest BCUT2D eigenvalue weighted by Crippen LogP contribution is -1.99. The monoisotopic (exact) mass is 374 g/mol. The summed E-state index contributed by atoms with van der Waals surface area (Å²) in [6.45, 7) is 4.65. The Balaban J connectivity index is 1.63. The van der Waals surface area contributed by atoms with Crippen LogP contribution in [0.3, 0.4) is 0 Å². The van der Waals surface area contributed by atoms with Crippen molar-refractivity contribution in [3.8, 4) is 5.75 Å². The van der Waals surface area contributed by atoms with Gasteiger partial charge in [0.1, 0.15) is 12.4 Å². The molecule has 0 aliphatic carbocycles. The molecule has 0 aromatic heterocycles. The van der Waals surface area contributed by atoms with E-state index < -0.39 is 5.97 Å². The fraction of sp³-hybridized carbons (Fsp3) is 0.130. The average molecular weight is 374 g/mol. The van der Waals surface area contributed by atoms with Gasteiger partial charge in [-0.25, -0.2) is 4.79 Å². The summed E-state index contributed by atoms with van der Waals surface area (Å²) in [5.74, 6) is -0.209. The molecule has 0 bridgehead atoms. The molecule has 0 aliphatic rings. The van der Waals surface area contributed by atoms with Crippen molar-refractivity contribution in [3.05, 3.63) is 94.5 Å². The lowest BCUT2D eigenvalue weighted by atomic mass is 10.1. The van der Waals surface area contributed by atoms with Gasteiger partial charge in [-0.15, -0.1) is 0 Å². The van der Waals surface area contributed by atoms with Crippen LogP contribution in [0.5, 0.6) is 5.75 Å². The van der Waals surface area contributed by atoms with Gasteiger partial charge in [-0.1, -0.05) is 42.0 Å². The Hall–Kier alpha value is -3.60. The highest BCUT2D eigenvalue weighted by Gasteiger charge is 2.03. The molecule has 3 rings (SSSR count). The zero-order chi connectivity index (χ0) is 19.9. The Morgan fingerprint density at radius 3 is 2.71 bits per heavy atom. The molecule has 0 spiro atoms. The summed E-state index contributed by atoms with van der Waals surface area (Å²) in [5, 5.41) is 13.2. The number of rotatable bonds is 7. The number of benzene rings is 3. The van der Waals surface area contributed by atoms with Crippen LogP contribution in [0.4, 0.5) is 5.69 Å². The maximum absolute atomic E-state index is 11.0. The van der Waals surface area contributed by atoms with E-state index in [1.807, 2.05) is 24.3 Å². The molecule has 0 saturated carbocycles. The van der Waals surface area contributed by atoms with E-state index in [2.05, 4.69) is 42.6 Å². The molecule has 142 valence electrons. The van der Waals surface area contributed by atoms with Crippen molar-refractivity contribution in [2.75, 3.05) is 5.43 Å². The van der Waals surface area contributed by atoms with Gasteiger partial charge in [0.2, 0.25) is 0 Å². The fourth-order valence-electron chi connectivity index (χ4n) is 2.70. The quantitative estimate of drug-likeness (QED) is 0.450. The van der Waals surface area contributed by atoms with Gasteiger partial charge in [-0.2, -0.15) is 5.10 Å². The highest BCUT2D eigenvalue weighted by molar-refractivity contribution is 5.89. The van der Waals surface area contributed by atoms with Gasteiger partial charge in [0.15, 0.2) is 0 Å². The molecule has 0 fully saturated rings. The molecule has 2 N–H and O–H groups in total. The highest BCUT2D eigenvalue weighted by atomic mass is 16.5. The fourth-order valence-corrected chi connectivity index (χ4v) is 2.70. The van der Waals surface area contributed by atoms with Crippen molar-refractivity contribution in [2.45, 2.75) is 20.5 Å². The van der Waals surface area contributed by atoms with Crippen LogP contribution in [-0.4, -0.2) is 17.3 Å². The van der Waals surface area contributed by atoms with Crippen molar-refractivity contribution in [2.24, 2.45) is 5.10 Å². The van der Waals surface area contributed by atoms with Crippen molar-refractivity contribution >= 4 is 17.9 Å². The molecule has 3 aromatic carbocycles. The Bertz CT molecular complexity index is 1010. The molecule has 0 radical (unpaired) electrons. The summed E-state index contributed by atoms with van der Waals surface area (Å²) in [4.78, 5) is 11.0. The van der Waals surface area contributed by atoms with Gasteiger partial charge in [0.05, 0.1) is 17.5 Å². The summed E-state index contributed by atoms with van der Waals surface area (Å²) in [5.41, 5.74) is 8.12. The number of carbonyl (C=O) groups is 1. The van der Waals surface area contributed by atoms with Gasteiger partial charge < -0.3 is 9.84 Å². The van der Waals surface area contributed by atoms with E-state index in [4.69, 9.17) is 9.84 Å². The molecule has 0 aliphatic heterocycles. The molecule has 3 aromatic rings.